The van der Waals surface area contributed by atoms with Crippen LogP contribution in [-0.2, 0) is 0 Å². The van der Waals surface area contributed by atoms with Crippen LogP contribution in [0.5, 0.6) is 0 Å². The van der Waals surface area contributed by atoms with Crippen molar-refractivity contribution in [1.29, 1.82) is 0 Å². The molecule has 1 aromatic heterocycles. The molecular formula is C11H5IOS2. The van der Waals surface area contributed by atoms with Crippen LogP contribution in [0.15, 0.2) is 29.6 Å². The Labute approximate surface area is 108 Å². The molecular weight excluding hydrogens is 339 g/mol. The minimum Gasteiger partial charge on any atom is -0.279 e. The van der Waals surface area contributed by atoms with Gasteiger partial charge in [-0.05, 0) is 26.2 Å². The molecule has 1 aromatic carbocycles. The fourth-order valence-corrected chi connectivity index (χ4v) is 2.69. The molecule has 2 rings (SSSR count). The Morgan fingerprint density at radius 3 is 3.00 bits per heavy atom. The highest BCUT2D eigenvalue weighted by Gasteiger charge is 2.08. The number of halogens is 1. The van der Waals surface area contributed by atoms with Gasteiger partial charge in [-0.3, -0.25) is 4.79 Å². The second-order valence-corrected chi connectivity index (χ2v) is 5.37. The average Bonchev–Trinajstić information content (AvgIpc) is 2.69. The first kappa shape index (κ1) is 11.0. The number of Topliss-reactive ketones (excluding diaryl/α,β-unsaturated/α-hetero) is 1. The Morgan fingerprint density at radius 2 is 2.20 bits per heavy atom. The van der Waals surface area contributed by atoms with Gasteiger partial charge < -0.3 is 0 Å². The van der Waals surface area contributed by atoms with E-state index in [1.54, 1.807) is 11.3 Å². The molecule has 0 bridgehead atoms. The van der Waals surface area contributed by atoms with Crippen molar-refractivity contribution >= 4 is 57.3 Å². The zero-order chi connectivity index (χ0) is 10.7. The van der Waals surface area contributed by atoms with Crippen LogP contribution < -0.4 is 0 Å². The Hall–Kier alpha value is -0.510. The van der Waals surface area contributed by atoms with Gasteiger partial charge in [0.25, 0.3) is 0 Å². The zero-order valence-corrected chi connectivity index (χ0v) is 11.3. The number of hydrogen-bond acceptors (Lipinski definition) is 3. The molecule has 74 valence electrons. The average molecular weight is 344 g/mol. The molecule has 4 heteroatoms. The number of ketones is 1. The highest BCUT2D eigenvalue weighted by Crippen LogP contribution is 2.25. The summed E-state index contributed by atoms with van der Waals surface area (Å²) >= 11 is 3.63. The lowest BCUT2D eigenvalue weighted by molar-refractivity contribution is 0.105. The van der Waals surface area contributed by atoms with Crippen molar-refractivity contribution in [1.82, 2.24) is 0 Å². The lowest BCUT2D eigenvalue weighted by Crippen LogP contribution is -1.91. The van der Waals surface area contributed by atoms with Gasteiger partial charge in [-0.25, -0.2) is 0 Å². The van der Waals surface area contributed by atoms with Crippen molar-refractivity contribution in [3.8, 4) is 11.2 Å². The van der Waals surface area contributed by atoms with Crippen LogP contribution in [0.1, 0.15) is 10.4 Å². The van der Waals surface area contributed by atoms with E-state index in [0.29, 0.717) is 5.56 Å². The molecule has 0 saturated carbocycles. The van der Waals surface area contributed by atoms with Gasteiger partial charge in [-0.15, -0.1) is 11.3 Å². The van der Waals surface area contributed by atoms with Crippen molar-refractivity contribution < 1.29 is 4.79 Å². The molecule has 0 unspecified atom stereocenters. The van der Waals surface area contributed by atoms with Crippen molar-refractivity contribution in [3.05, 3.63) is 35.2 Å². The van der Waals surface area contributed by atoms with E-state index in [1.807, 2.05) is 29.6 Å². The Morgan fingerprint density at radius 1 is 1.40 bits per heavy atom. The van der Waals surface area contributed by atoms with E-state index >= 15 is 0 Å². The van der Waals surface area contributed by atoms with E-state index in [-0.39, 0.29) is 5.78 Å². The zero-order valence-electron chi connectivity index (χ0n) is 7.49. The molecule has 0 saturated heterocycles. The first-order valence-corrected chi connectivity index (χ1v) is 8.36. The van der Waals surface area contributed by atoms with Gasteiger partial charge in [0.05, 0.1) is 0 Å². The second-order valence-electron chi connectivity index (χ2n) is 2.78. The molecule has 1 nitrogen and oxygen atoms in total. The largest absolute Gasteiger partial charge is 0.279 e. The molecule has 0 aliphatic heterocycles. The molecule has 0 amide bonds. The van der Waals surface area contributed by atoms with E-state index in [0.717, 1.165) is 10.1 Å². The summed E-state index contributed by atoms with van der Waals surface area (Å²) in [4.78, 5) is 11.7. The number of hydrogen-bond donors (Lipinski definition) is 0. The van der Waals surface area contributed by atoms with Crippen LogP contribution in [0.2, 0.25) is 0 Å². The smallest absolute Gasteiger partial charge is 0.238 e. The van der Waals surface area contributed by atoms with E-state index in [1.165, 1.54) is 8.93 Å². The molecule has 0 fully saturated rings. The molecule has 0 atom stereocenters. The molecule has 0 N–H and O–H groups in total. The monoisotopic (exact) mass is 344 g/mol. The van der Waals surface area contributed by atoms with E-state index < -0.39 is 0 Å². The summed E-state index contributed by atoms with van der Waals surface area (Å²) < 4.78 is 1.13. The molecule has 0 spiro atoms. The summed E-state index contributed by atoms with van der Waals surface area (Å²) in [5.41, 5.74) is 0.716. The first-order valence-electron chi connectivity index (χ1n) is 4.12. The molecule has 15 heavy (non-hydrogen) atoms. The van der Waals surface area contributed by atoms with Gasteiger partial charge in [0, 0.05) is 42.2 Å². The number of thiophene rings is 1. The van der Waals surface area contributed by atoms with Crippen LogP contribution in [0, 0.1) is 11.2 Å². The number of carbonyl (C=O) groups is 1. The summed E-state index contributed by atoms with van der Waals surface area (Å²) in [5.74, 6) is 2.50. The number of rotatable bonds is 1. The molecule has 0 radical (unpaired) electrons. The van der Waals surface area contributed by atoms with E-state index in [4.69, 9.17) is 0 Å². The predicted molar refractivity (Wildman–Crippen MR) is 75.5 cm³/mol. The Bertz CT molecular complexity index is 562. The topological polar surface area (TPSA) is 17.1 Å². The van der Waals surface area contributed by atoms with Gasteiger partial charge >= 0.3 is 0 Å². The second kappa shape index (κ2) is 5.01. The lowest BCUT2D eigenvalue weighted by Gasteiger charge is -1.90. The first-order chi connectivity index (χ1) is 7.33. The maximum absolute atomic E-state index is 11.7. The van der Waals surface area contributed by atoms with Gasteiger partial charge in [0.15, 0.2) is 0 Å². The predicted octanol–water partition coefficient (Wildman–Crippen LogP) is 4.13. The van der Waals surface area contributed by atoms with Crippen LogP contribution in [0.25, 0.3) is 10.1 Å². The van der Waals surface area contributed by atoms with Gasteiger partial charge in [-0.2, -0.15) is 0 Å². The highest BCUT2D eigenvalue weighted by atomic mass is 127. The van der Waals surface area contributed by atoms with Crippen LogP contribution in [0.3, 0.4) is 0 Å². The van der Waals surface area contributed by atoms with Crippen molar-refractivity contribution in [2.24, 2.45) is 0 Å². The van der Waals surface area contributed by atoms with Gasteiger partial charge in [0.2, 0.25) is 5.78 Å². The van der Waals surface area contributed by atoms with Gasteiger partial charge in [0.1, 0.15) is 0 Å². The fraction of sp³-hybridized carbons (Fsp3) is 0. The third-order valence-corrected chi connectivity index (χ3v) is 3.73. The van der Waals surface area contributed by atoms with Crippen LogP contribution in [-0.4, -0.2) is 5.78 Å². The lowest BCUT2D eigenvalue weighted by atomic mass is 10.1. The number of fused-ring (bicyclic) bond motifs is 1. The Balaban J connectivity index is 2.48. The fourth-order valence-electron chi connectivity index (χ4n) is 1.29. The van der Waals surface area contributed by atoms with Crippen LogP contribution in [0.4, 0.5) is 0 Å². The molecule has 1 heterocycles. The Kier molecular flexibility index (Phi) is 3.67. The quantitative estimate of drug-likeness (QED) is 0.440. The number of benzene rings is 1. The summed E-state index contributed by atoms with van der Waals surface area (Å²) in [6, 6.07) is 7.88. The molecule has 0 aliphatic carbocycles. The SMILES string of the molecule is O=C(C#CSI)c1csc2ccccc12. The van der Waals surface area contributed by atoms with Crippen molar-refractivity contribution in [3.63, 3.8) is 0 Å². The minimum atomic E-state index is -0.100. The van der Waals surface area contributed by atoms with Crippen molar-refractivity contribution in [2.45, 2.75) is 0 Å². The third kappa shape index (κ3) is 2.36. The summed E-state index contributed by atoms with van der Waals surface area (Å²) in [7, 11) is 1.32. The summed E-state index contributed by atoms with van der Waals surface area (Å²) in [5, 5.41) is 5.58. The molecule has 0 aliphatic rings. The number of carbonyl (C=O) groups excluding carboxylic acids is 1. The van der Waals surface area contributed by atoms with Gasteiger partial charge in [-0.1, -0.05) is 18.2 Å². The van der Waals surface area contributed by atoms with E-state index in [2.05, 4.69) is 32.4 Å². The van der Waals surface area contributed by atoms with Crippen LogP contribution >= 0.6 is 41.5 Å². The maximum atomic E-state index is 11.7. The standard InChI is InChI=1S/C11H5IOS2/c12-15-6-5-10(13)9-7-14-11-4-2-1-3-8(9)11/h1-4,7H. The normalized spacial score (nSPS) is 9.67. The van der Waals surface area contributed by atoms with E-state index in [9.17, 15) is 4.79 Å². The molecule has 2 aromatic rings. The summed E-state index contributed by atoms with van der Waals surface area (Å²) in [6.45, 7) is 0. The maximum Gasteiger partial charge on any atom is 0.238 e. The minimum absolute atomic E-state index is 0.100. The highest BCUT2D eigenvalue weighted by molar-refractivity contribution is 14.2. The summed E-state index contributed by atoms with van der Waals surface area (Å²) in [6.07, 6.45) is 0. The van der Waals surface area contributed by atoms with Crippen molar-refractivity contribution in [2.75, 3.05) is 0 Å². The third-order valence-electron chi connectivity index (χ3n) is 1.93.